The molecule has 1 fully saturated rings. The first-order valence-corrected chi connectivity index (χ1v) is 11.5. The van der Waals surface area contributed by atoms with Gasteiger partial charge in [0.25, 0.3) is 0 Å². The topological polar surface area (TPSA) is 24.1 Å². The van der Waals surface area contributed by atoms with Crippen LogP contribution in [0.2, 0.25) is 0 Å². The summed E-state index contributed by atoms with van der Waals surface area (Å²) in [5, 5.41) is 7.15. The Labute approximate surface area is 158 Å². The summed E-state index contributed by atoms with van der Waals surface area (Å²) in [5.41, 5.74) is 0. The van der Waals surface area contributed by atoms with Gasteiger partial charge in [-0.1, -0.05) is 76.9 Å². The van der Waals surface area contributed by atoms with Crippen molar-refractivity contribution >= 4 is 0 Å². The first-order chi connectivity index (χ1) is 12.4. The van der Waals surface area contributed by atoms with Gasteiger partial charge in [0.15, 0.2) is 0 Å². The summed E-state index contributed by atoms with van der Waals surface area (Å²) in [5.74, 6) is 0. The third-order valence-electron chi connectivity index (χ3n) is 5.42. The third kappa shape index (κ3) is 15.6. The van der Waals surface area contributed by atoms with Gasteiger partial charge in [0.1, 0.15) is 0 Å². The lowest BCUT2D eigenvalue weighted by Crippen LogP contribution is -2.34. The quantitative estimate of drug-likeness (QED) is 0.222. The summed E-state index contributed by atoms with van der Waals surface area (Å²) in [6.45, 7) is 5.89. The van der Waals surface area contributed by atoms with Gasteiger partial charge < -0.3 is 10.6 Å². The van der Waals surface area contributed by atoms with Crippen molar-refractivity contribution in [2.24, 2.45) is 0 Å². The summed E-state index contributed by atoms with van der Waals surface area (Å²) in [6, 6.07) is 0.745. The van der Waals surface area contributed by atoms with E-state index in [1.807, 2.05) is 0 Å². The largest absolute Gasteiger partial charge is 0.315 e. The van der Waals surface area contributed by atoms with Crippen LogP contribution < -0.4 is 10.6 Å². The maximum absolute atomic E-state index is 3.61. The highest BCUT2D eigenvalue weighted by atomic mass is 15.0. The second-order valence-electron chi connectivity index (χ2n) is 7.94. The average Bonchev–Trinajstić information content (AvgIpc) is 3.14. The SMILES string of the molecule is CCCCCCCC/C=C\CCCCCCCCNC[C@@H]1CCCN1. The van der Waals surface area contributed by atoms with Crippen LogP contribution >= 0.6 is 0 Å². The van der Waals surface area contributed by atoms with Crippen LogP contribution in [0.1, 0.15) is 110 Å². The normalized spacial score (nSPS) is 17.7. The molecule has 0 spiro atoms. The van der Waals surface area contributed by atoms with Gasteiger partial charge in [0, 0.05) is 12.6 Å². The van der Waals surface area contributed by atoms with E-state index >= 15 is 0 Å². The third-order valence-corrected chi connectivity index (χ3v) is 5.42. The number of hydrogen-bond donors (Lipinski definition) is 2. The smallest absolute Gasteiger partial charge is 0.0192 e. The molecule has 148 valence electrons. The van der Waals surface area contributed by atoms with Crippen LogP contribution in [0, 0.1) is 0 Å². The van der Waals surface area contributed by atoms with Crippen molar-refractivity contribution in [2.75, 3.05) is 19.6 Å². The maximum atomic E-state index is 3.61. The lowest BCUT2D eigenvalue weighted by Gasteiger charge is -2.11. The van der Waals surface area contributed by atoms with E-state index in [1.54, 1.807) is 0 Å². The van der Waals surface area contributed by atoms with Crippen LogP contribution in [-0.2, 0) is 0 Å². The van der Waals surface area contributed by atoms with Gasteiger partial charge in [0.2, 0.25) is 0 Å². The molecule has 0 aromatic rings. The molecule has 1 aliphatic heterocycles. The molecule has 0 amide bonds. The molecule has 2 heteroatoms. The number of unbranched alkanes of at least 4 members (excludes halogenated alkanes) is 12. The van der Waals surface area contributed by atoms with Crippen molar-refractivity contribution in [1.29, 1.82) is 0 Å². The zero-order valence-corrected chi connectivity index (χ0v) is 17.2. The molecule has 1 aliphatic rings. The Morgan fingerprint density at radius 3 is 2.00 bits per heavy atom. The molecule has 0 radical (unpaired) electrons. The van der Waals surface area contributed by atoms with Crippen LogP contribution in [0.4, 0.5) is 0 Å². The fourth-order valence-corrected chi connectivity index (χ4v) is 3.70. The highest BCUT2D eigenvalue weighted by Crippen LogP contribution is 2.10. The Balaban J connectivity index is 1.68. The second kappa shape index (κ2) is 18.5. The van der Waals surface area contributed by atoms with Crippen LogP contribution in [-0.4, -0.2) is 25.7 Å². The molecule has 2 nitrogen and oxygen atoms in total. The Kier molecular flexibility index (Phi) is 16.8. The number of rotatable bonds is 18. The first-order valence-electron chi connectivity index (χ1n) is 11.5. The molecular formula is C23H46N2. The molecule has 0 aromatic heterocycles. The summed E-state index contributed by atoms with van der Waals surface area (Å²) >= 11 is 0. The van der Waals surface area contributed by atoms with Crippen molar-refractivity contribution < 1.29 is 0 Å². The summed E-state index contributed by atoms with van der Waals surface area (Å²) < 4.78 is 0. The van der Waals surface area contributed by atoms with Crippen molar-refractivity contribution in [2.45, 2.75) is 116 Å². The molecule has 0 unspecified atom stereocenters. The Hall–Kier alpha value is -0.340. The van der Waals surface area contributed by atoms with E-state index in [0.29, 0.717) is 0 Å². The van der Waals surface area contributed by atoms with Crippen LogP contribution in [0.3, 0.4) is 0 Å². The summed E-state index contributed by atoms with van der Waals surface area (Å²) in [4.78, 5) is 0. The van der Waals surface area contributed by atoms with Crippen LogP contribution in [0.25, 0.3) is 0 Å². The van der Waals surface area contributed by atoms with Crippen molar-refractivity contribution in [3.63, 3.8) is 0 Å². The fraction of sp³-hybridized carbons (Fsp3) is 0.913. The highest BCUT2D eigenvalue weighted by molar-refractivity contribution is 4.81. The van der Waals surface area contributed by atoms with Gasteiger partial charge in [0.05, 0.1) is 0 Å². The summed E-state index contributed by atoms with van der Waals surface area (Å²) in [7, 11) is 0. The molecule has 25 heavy (non-hydrogen) atoms. The molecule has 2 N–H and O–H groups in total. The van der Waals surface area contributed by atoms with E-state index < -0.39 is 0 Å². The maximum Gasteiger partial charge on any atom is 0.0192 e. The second-order valence-corrected chi connectivity index (χ2v) is 7.94. The monoisotopic (exact) mass is 350 g/mol. The van der Waals surface area contributed by atoms with E-state index in [2.05, 4.69) is 29.7 Å². The molecule has 0 aromatic carbocycles. The minimum absolute atomic E-state index is 0.745. The molecular weight excluding hydrogens is 304 g/mol. The van der Waals surface area contributed by atoms with Crippen LogP contribution in [0.15, 0.2) is 12.2 Å². The van der Waals surface area contributed by atoms with Gasteiger partial charge in [-0.05, 0) is 58.0 Å². The molecule has 0 bridgehead atoms. The van der Waals surface area contributed by atoms with Gasteiger partial charge >= 0.3 is 0 Å². The summed E-state index contributed by atoms with van der Waals surface area (Å²) in [6.07, 6.45) is 27.0. The van der Waals surface area contributed by atoms with Crippen molar-refractivity contribution in [3.8, 4) is 0 Å². The number of allylic oxidation sites excluding steroid dienone is 2. The zero-order chi connectivity index (χ0) is 17.8. The van der Waals surface area contributed by atoms with Gasteiger partial charge in [-0.3, -0.25) is 0 Å². The predicted octanol–water partition coefficient (Wildman–Crippen LogP) is 6.37. The standard InChI is InChI=1S/C23H46N2/c1-2-3-4-5-6-7-8-9-10-11-12-13-14-15-16-17-20-24-22-23-19-18-21-25-23/h9-10,23-25H,2-8,11-22H2,1H3/b10-9-/t23-/m0/s1. The zero-order valence-electron chi connectivity index (χ0n) is 17.2. The average molecular weight is 351 g/mol. The number of nitrogens with one attached hydrogen (secondary N) is 2. The molecule has 0 aliphatic carbocycles. The van der Waals surface area contributed by atoms with E-state index in [1.165, 1.54) is 122 Å². The van der Waals surface area contributed by atoms with E-state index in [9.17, 15) is 0 Å². The minimum atomic E-state index is 0.745. The Morgan fingerprint density at radius 1 is 0.800 bits per heavy atom. The molecule has 1 saturated heterocycles. The lowest BCUT2D eigenvalue weighted by molar-refractivity contribution is 0.513. The first kappa shape index (κ1) is 22.7. The van der Waals surface area contributed by atoms with Crippen molar-refractivity contribution in [1.82, 2.24) is 10.6 Å². The van der Waals surface area contributed by atoms with E-state index in [4.69, 9.17) is 0 Å². The number of hydrogen-bond acceptors (Lipinski definition) is 2. The molecule has 1 rings (SSSR count). The molecule has 0 saturated carbocycles. The predicted molar refractivity (Wildman–Crippen MR) is 113 cm³/mol. The Morgan fingerprint density at radius 2 is 1.40 bits per heavy atom. The van der Waals surface area contributed by atoms with Crippen molar-refractivity contribution in [3.05, 3.63) is 12.2 Å². The van der Waals surface area contributed by atoms with Gasteiger partial charge in [-0.15, -0.1) is 0 Å². The highest BCUT2D eigenvalue weighted by Gasteiger charge is 2.12. The van der Waals surface area contributed by atoms with Gasteiger partial charge in [-0.25, -0.2) is 0 Å². The molecule has 1 heterocycles. The van der Waals surface area contributed by atoms with E-state index in [-0.39, 0.29) is 0 Å². The Bertz CT molecular complexity index is 282. The van der Waals surface area contributed by atoms with Gasteiger partial charge in [-0.2, -0.15) is 0 Å². The molecule has 1 atom stereocenters. The van der Waals surface area contributed by atoms with Crippen LogP contribution in [0.5, 0.6) is 0 Å². The minimum Gasteiger partial charge on any atom is -0.315 e. The fourth-order valence-electron chi connectivity index (χ4n) is 3.70. The lowest BCUT2D eigenvalue weighted by atomic mass is 10.1. The van der Waals surface area contributed by atoms with E-state index in [0.717, 1.165) is 6.04 Å².